The smallest absolute Gasteiger partial charge is 0.223 e. The van der Waals surface area contributed by atoms with Gasteiger partial charge in [0.05, 0.1) is 20.3 Å². The van der Waals surface area contributed by atoms with Gasteiger partial charge in [-0.3, -0.25) is 4.79 Å². The molecule has 1 aliphatic heterocycles. The molecule has 162 valence electrons. The van der Waals surface area contributed by atoms with Crippen LogP contribution in [0.4, 0.5) is 0 Å². The number of halogens is 1. The molecule has 0 aliphatic carbocycles. The van der Waals surface area contributed by atoms with E-state index in [2.05, 4.69) is 11.4 Å². The summed E-state index contributed by atoms with van der Waals surface area (Å²) < 4.78 is 11.0. The zero-order valence-electron chi connectivity index (χ0n) is 18.0. The van der Waals surface area contributed by atoms with Crippen molar-refractivity contribution < 1.29 is 14.3 Å². The maximum atomic E-state index is 13.4. The van der Waals surface area contributed by atoms with Crippen LogP contribution in [0.25, 0.3) is 0 Å². The number of hydrogen-bond donors (Lipinski definition) is 0. The number of thiophene rings is 1. The zero-order valence-corrected chi connectivity index (χ0v) is 19.6. The molecule has 2 heterocycles. The highest BCUT2D eigenvalue weighted by molar-refractivity contribution is 7.10. The van der Waals surface area contributed by atoms with E-state index < -0.39 is 0 Å². The molecule has 0 radical (unpaired) electrons. The molecule has 1 unspecified atom stereocenters. The topological polar surface area (TPSA) is 38.8 Å². The van der Waals surface area contributed by atoms with Gasteiger partial charge in [-0.05, 0) is 71.7 Å². The maximum Gasteiger partial charge on any atom is 0.223 e. The molecule has 0 bridgehead atoms. The molecule has 1 amide bonds. The van der Waals surface area contributed by atoms with Crippen LogP contribution in [-0.2, 0) is 17.6 Å². The molecule has 0 fully saturated rings. The van der Waals surface area contributed by atoms with Gasteiger partial charge in [0.2, 0.25) is 5.91 Å². The van der Waals surface area contributed by atoms with E-state index in [0.29, 0.717) is 25.1 Å². The van der Waals surface area contributed by atoms with Crippen molar-refractivity contribution in [2.24, 2.45) is 0 Å². The summed E-state index contributed by atoms with van der Waals surface area (Å²) in [5.41, 5.74) is 4.44. The standard InChI is InChI=1S/C25H26ClNO3S/c1-16-6-7-17(13-20(16)26)8-9-24(28)27-11-10-18-14-21(29-2)22(30-3)15-19(18)25(27)23-5-4-12-31-23/h4-7,12-15,25H,8-11H2,1-3H3. The Bertz CT molecular complexity index is 1080. The van der Waals surface area contributed by atoms with Crippen LogP contribution >= 0.6 is 22.9 Å². The molecule has 6 heteroatoms. The number of carbonyl (C=O) groups excluding carboxylic acids is 1. The molecule has 4 rings (SSSR count). The quantitative estimate of drug-likeness (QED) is 0.469. The van der Waals surface area contributed by atoms with Crippen LogP contribution in [0.2, 0.25) is 5.02 Å². The first-order valence-electron chi connectivity index (χ1n) is 10.3. The van der Waals surface area contributed by atoms with Crippen molar-refractivity contribution in [3.63, 3.8) is 0 Å². The second-order valence-electron chi connectivity index (χ2n) is 7.74. The fourth-order valence-corrected chi connectivity index (χ4v) is 5.21. The molecule has 1 aliphatic rings. The Hall–Kier alpha value is -2.50. The van der Waals surface area contributed by atoms with Crippen molar-refractivity contribution in [1.82, 2.24) is 4.90 Å². The molecule has 2 aromatic carbocycles. The third-order valence-corrected chi connectivity index (χ3v) is 7.20. The van der Waals surface area contributed by atoms with Crippen LogP contribution in [0.1, 0.15) is 39.6 Å². The molecule has 1 atom stereocenters. The largest absolute Gasteiger partial charge is 0.493 e. The Morgan fingerprint density at radius 2 is 1.94 bits per heavy atom. The molecule has 1 aromatic heterocycles. The lowest BCUT2D eigenvalue weighted by Gasteiger charge is -2.37. The highest BCUT2D eigenvalue weighted by Gasteiger charge is 2.33. The van der Waals surface area contributed by atoms with Crippen LogP contribution < -0.4 is 9.47 Å². The van der Waals surface area contributed by atoms with E-state index in [9.17, 15) is 4.79 Å². The van der Waals surface area contributed by atoms with Gasteiger partial charge in [-0.25, -0.2) is 0 Å². The lowest BCUT2D eigenvalue weighted by atomic mass is 9.90. The minimum Gasteiger partial charge on any atom is -0.493 e. The number of aryl methyl sites for hydroxylation is 2. The zero-order chi connectivity index (χ0) is 22.0. The number of carbonyl (C=O) groups is 1. The monoisotopic (exact) mass is 455 g/mol. The van der Waals surface area contributed by atoms with Crippen LogP contribution in [0.3, 0.4) is 0 Å². The fourth-order valence-electron chi connectivity index (χ4n) is 4.15. The number of amides is 1. The number of nitrogens with zero attached hydrogens (tertiary/aromatic N) is 1. The van der Waals surface area contributed by atoms with Gasteiger partial charge in [-0.1, -0.05) is 29.8 Å². The van der Waals surface area contributed by atoms with E-state index in [1.54, 1.807) is 25.6 Å². The molecule has 31 heavy (non-hydrogen) atoms. The first-order chi connectivity index (χ1) is 15.0. The van der Waals surface area contributed by atoms with E-state index in [0.717, 1.165) is 38.8 Å². The third-order valence-electron chi connectivity index (χ3n) is 5.87. The molecule has 3 aromatic rings. The summed E-state index contributed by atoms with van der Waals surface area (Å²) in [6.07, 6.45) is 1.91. The average Bonchev–Trinajstić information content (AvgIpc) is 3.32. The molecule has 0 saturated carbocycles. The fraction of sp³-hybridized carbons (Fsp3) is 0.320. The molecular formula is C25H26ClNO3S. The Labute approximate surface area is 192 Å². The van der Waals surface area contributed by atoms with Gasteiger partial charge in [0.25, 0.3) is 0 Å². The third kappa shape index (κ3) is 4.43. The Morgan fingerprint density at radius 3 is 2.61 bits per heavy atom. The van der Waals surface area contributed by atoms with Gasteiger partial charge >= 0.3 is 0 Å². The number of rotatable bonds is 6. The summed E-state index contributed by atoms with van der Waals surface area (Å²) in [4.78, 5) is 16.5. The van der Waals surface area contributed by atoms with Crippen LogP contribution in [-0.4, -0.2) is 31.6 Å². The first-order valence-corrected chi connectivity index (χ1v) is 11.6. The van der Waals surface area contributed by atoms with Gasteiger partial charge in [0.1, 0.15) is 0 Å². The average molecular weight is 456 g/mol. The lowest BCUT2D eigenvalue weighted by molar-refractivity contribution is -0.133. The first kappa shape index (κ1) is 21.7. The summed E-state index contributed by atoms with van der Waals surface area (Å²) in [5.74, 6) is 1.56. The summed E-state index contributed by atoms with van der Waals surface area (Å²) in [5, 5.41) is 2.80. The highest BCUT2D eigenvalue weighted by atomic mass is 35.5. The summed E-state index contributed by atoms with van der Waals surface area (Å²) in [6, 6.07) is 14.1. The van der Waals surface area contributed by atoms with Gasteiger partial charge < -0.3 is 14.4 Å². The number of ether oxygens (including phenoxy) is 2. The van der Waals surface area contributed by atoms with E-state index in [-0.39, 0.29) is 11.9 Å². The van der Waals surface area contributed by atoms with Crippen LogP contribution in [0, 0.1) is 6.92 Å². The summed E-state index contributed by atoms with van der Waals surface area (Å²) in [7, 11) is 3.29. The lowest BCUT2D eigenvalue weighted by Crippen LogP contribution is -2.40. The Morgan fingerprint density at radius 1 is 1.16 bits per heavy atom. The number of hydrogen-bond acceptors (Lipinski definition) is 4. The van der Waals surface area contributed by atoms with Gasteiger partial charge in [0.15, 0.2) is 11.5 Å². The van der Waals surface area contributed by atoms with E-state index in [4.69, 9.17) is 21.1 Å². The molecule has 0 N–H and O–H groups in total. The number of fused-ring (bicyclic) bond motifs is 1. The predicted octanol–water partition coefficient (Wildman–Crippen LogP) is 5.83. The summed E-state index contributed by atoms with van der Waals surface area (Å²) >= 11 is 7.93. The van der Waals surface area contributed by atoms with Crippen molar-refractivity contribution in [3.8, 4) is 11.5 Å². The van der Waals surface area contributed by atoms with Gasteiger partial charge in [0, 0.05) is 22.9 Å². The Kier molecular flexibility index (Phi) is 6.54. The van der Waals surface area contributed by atoms with E-state index >= 15 is 0 Å². The van der Waals surface area contributed by atoms with Crippen LogP contribution in [0.5, 0.6) is 11.5 Å². The van der Waals surface area contributed by atoms with Crippen molar-refractivity contribution in [2.75, 3.05) is 20.8 Å². The normalized spacial score (nSPS) is 15.5. The Balaban J connectivity index is 1.63. The second kappa shape index (κ2) is 9.33. The molecule has 0 saturated heterocycles. The minimum absolute atomic E-state index is 0.113. The van der Waals surface area contributed by atoms with E-state index in [1.165, 1.54) is 5.56 Å². The summed E-state index contributed by atoms with van der Waals surface area (Å²) in [6.45, 7) is 2.66. The highest BCUT2D eigenvalue weighted by Crippen LogP contribution is 2.42. The van der Waals surface area contributed by atoms with Crippen molar-refractivity contribution in [3.05, 3.63) is 80.0 Å². The van der Waals surface area contributed by atoms with E-state index in [1.807, 2.05) is 48.2 Å². The van der Waals surface area contributed by atoms with Crippen molar-refractivity contribution in [2.45, 2.75) is 32.2 Å². The number of benzene rings is 2. The molecule has 0 spiro atoms. The number of methoxy groups -OCH3 is 2. The van der Waals surface area contributed by atoms with Crippen LogP contribution in [0.15, 0.2) is 47.8 Å². The van der Waals surface area contributed by atoms with Gasteiger partial charge in [-0.2, -0.15) is 0 Å². The second-order valence-corrected chi connectivity index (χ2v) is 9.13. The van der Waals surface area contributed by atoms with Gasteiger partial charge in [-0.15, -0.1) is 11.3 Å². The molecular weight excluding hydrogens is 430 g/mol. The molecule has 4 nitrogen and oxygen atoms in total. The SMILES string of the molecule is COc1cc2c(cc1OC)C(c1cccs1)N(C(=O)CCc1ccc(C)c(Cl)c1)CC2. The van der Waals surface area contributed by atoms with Crippen molar-refractivity contribution >= 4 is 28.8 Å². The maximum absolute atomic E-state index is 13.4. The van der Waals surface area contributed by atoms with Crippen molar-refractivity contribution in [1.29, 1.82) is 0 Å². The predicted molar refractivity (Wildman–Crippen MR) is 126 cm³/mol. The minimum atomic E-state index is -0.113.